The van der Waals surface area contributed by atoms with Crippen LogP contribution in [-0.4, -0.2) is 31.0 Å². The number of hydrogen-bond donors (Lipinski definition) is 2. The molecule has 0 radical (unpaired) electrons. The molecule has 2 aromatic carbocycles. The van der Waals surface area contributed by atoms with Gasteiger partial charge in [0.15, 0.2) is 13.2 Å². The van der Waals surface area contributed by atoms with Gasteiger partial charge in [0.05, 0.1) is 0 Å². The molecule has 0 spiro atoms. The molecule has 7 nitrogen and oxygen atoms in total. The van der Waals surface area contributed by atoms with Crippen LogP contribution < -0.4 is 15.6 Å². The molecule has 0 bridgehead atoms. The van der Waals surface area contributed by atoms with Crippen molar-refractivity contribution in [1.29, 1.82) is 0 Å². The average molecular weight is 316 g/mol. The smallest absolute Gasteiger partial charge is 0.344 e. The topological polar surface area (TPSA) is 93.7 Å². The molecule has 2 aromatic rings. The van der Waals surface area contributed by atoms with Gasteiger partial charge in [0, 0.05) is 6.92 Å². The zero-order valence-electron chi connectivity index (χ0n) is 12.5. The van der Waals surface area contributed by atoms with Crippen LogP contribution in [0.3, 0.4) is 0 Å². The molecule has 2 N–H and O–H groups in total. The first-order chi connectivity index (χ1) is 11.0. The van der Waals surface area contributed by atoms with E-state index in [1.807, 2.05) is 36.4 Å². The van der Waals surface area contributed by atoms with Gasteiger partial charge in [-0.3, -0.25) is 20.4 Å². The molecule has 0 heterocycles. The van der Waals surface area contributed by atoms with Crippen molar-refractivity contribution >= 4 is 28.6 Å². The Kier molecular flexibility index (Phi) is 5.51. The molecule has 0 aromatic heterocycles. The molecule has 0 aliphatic carbocycles. The zero-order valence-corrected chi connectivity index (χ0v) is 12.5. The van der Waals surface area contributed by atoms with Crippen molar-refractivity contribution in [3.8, 4) is 5.75 Å². The van der Waals surface area contributed by atoms with Gasteiger partial charge < -0.3 is 9.47 Å². The number of carbonyl (C=O) groups excluding carboxylic acids is 3. The average Bonchev–Trinajstić information content (AvgIpc) is 2.56. The lowest BCUT2D eigenvalue weighted by molar-refractivity contribution is -0.150. The number of fused-ring (bicyclic) bond motifs is 1. The highest BCUT2D eigenvalue weighted by Crippen LogP contribution is 2.20. The minimum atomic E-state index is -0.684. The monoisotopic (exact) mass is 316 g/mol. The maximum atomic E-state index is 11.5. The summed E-state index contributed by atoms with van der Waals surface area (Å²) in [5.41, 5.74) is 4.16. The van der Waals surface area contributed by atoms with Crippen LogP contribution in [0.5, 0.6) is 5.75 Å². The number of carbonyl (C=O) groups is 3. The predicted octanol–water partition coefficient (Wildman–Crippen LogP) is 0.929. The molecule has 0 aliphatic rings. The fourth-order valence-electron chi connectivity index (χ4n) is 1.78. The highest BCUT2D eigenvalue weighted by atomic mass is 16.6. The van der Waals surface area contributed by atoms with E-state index in [0.29, 0.717) is 5.75 Å². The number of hydrazine groups is 1. The Labute approximate surface area is 132 Å². The molecule has 0 saturated heterocycles. The molecule has 0 fully saturated rings. The van der Waals surface area contributed by atoms with Crippen LogP contribution in [0.15, 0.2) is 42.5 Å². The van der Waals surface area contributed by atoms with E-state index in [1.165, 1.54) is 6.92 Å². The molecule has 0 aliphatic heterocycles. The fourth-order valence-corrected chi connectivity index (χ4v) is 1.78. The SMILES string of the molecule is CC(=O)NNC(=O)COC(=O)COc1ccc2ccccc2c1. The van der Waals surface area contributed by atoms with E-state index in [0.717, 1.165) is 10.8 Å². The predicted molar refractivity (Wildman–Crippen MR) is 82.4 cm³/mol. The van der Waals surface area contributed by atoms with Crippen LogP contribution in [0.25, 0.3) is 10.8 Å². The Hall–Kier alpha value is -3.09. The second-order valence-electron chi connectivity index (χ2n) is 4.69. The summed E-state index contributed by atoms with van der Waals surface area (Å²) in [6, 6.07) is 13.2. The summed E-state index contributed by atoms with van der Waals surface area (Å²) >= 11 is 0. The molecule has 120 valence electrons. The lowest BCUT2D eigenvalue weighted by Gasteiger charge is -2.08. The Morgan fingerprint density at radius 1 is 0.957 bits per heavy atom. The lowest BCUT2D eigenvalue weighted by atomic mass is 10.1. The van der Waals surface area contributed by atoms with E-state index in [2.05, 4.69) is 10.9 Å². The fraction of sp³-hybridized carbons (Fsp3) is 0.188. The molecule has 0 atom stereocenters. The molecule has 0 unspecified atom stereocenters. The van der Waals surface area contributed by atoms with Gasteiger partial charge >= 0.3 is 5.97 Å². The number of benzene rings is 2. The number of esters is 1. The number of nitrogens with one attached hydrogen (secondary N) is 2. The summed E-state index contributed by atoms with van der Waals surface area (Å²) in [6.07, 6.45) is 0. The molecule has 0 saturated carbocycles. The third-order valence-corrected chi connectivity index (χ3v) is 2.82. The van der Waals surface area contributed by atoms with E-state index in [-0.39, 0.29) is 6.61 Å². The van der Waals surface area contributed by atoms with Gasteiger partial charge in [0.2, 0.25) is 5.91 Å². The third-order valence-electron chi connectivity index (χ3n) is 2.82. The Morgan fingerprint density at radius 3 is 2.43 bits per heavy atom. The number of rotatable bonds is 5. The molecule has 7 heteroatoms. The molecule has 2 amide bonds. The van der Waals surface area contributed by atoms with E-state index < -0.39 is 24.4 Å². The first-order valence-corrected chi connectivity index (χ1v) is 6.87. The van der Waals surface area contributed by atoms with Crippen LogP contribution in [0.4, 0.5) is 0 Å². The van der Waals surface area contributed by atoms with E-state index in [9.17, 15) is 14.4 Å². The standard InChI is InChI=1S/C16H16N2O5/c1-11(19)17-18-15(20)9-23-16(21)10-22-14-7-6-12-4-2-3-5-13(12)8-14/h2-8H,9-10H2,1H3,(H,17,19)(H,18,20). The van der Waals surface area contributed by atoms with Crippen molar-refractivity contribution in [2.24, 2.45) is 0 Å². The van der Waals surface area contributed by atoms with Gasteiger partial charge in [-0.05, 0) is 22.9 Å². The molecule has 23 heavy (non-hydrogen) atoms. The van der Waals surface area contributed by atoms with Gasteiger partial charge in [-0.25, -0.2) is 4.79 Å². The van der Waals surface area contributed by atoms with Gasteiger partial charge in [0.1, 0.15) is 5.75 Å². The van der Waals surface area contributed by atoms with Gasteiger partial charge in [-0.2, -0.15) is 0 Å². The van der Waals surface area contributed by atoms with Crippen molar-refractivity contribution in [1.82, 2.24) is 10.9 Å². The van der Waals surface area contributed by atoms with E-state index >= 15 is 0 Å². The summed E-state index contributed by atoms with van der Waals surface area (Å²) < 4.78 is 10.0. The van der Waals surface area contributed by atoms with E-state index in [1.54, 1.807) is 6.07 Å². The molecular weight excluding hydrogens is 300 g/mol. The van der Waals surface area contributed by atoms with Gasteiger partial charge in [-0.1, -0.05) is 30.3 Å². The van der Waals surface area contributed by atoms with Crippen molar-refractivity contribution in [3.63, 3.8) is 0 Å². The Bertz CT molecular complexity index is 729. The first-order valence-electron chi connectivity index (χ1n) is 6.87. The normalized spacial score (nSPS) is 9.96. The molecular formula is C16H16N2O5. The zero-order chi connectivity index (χ0) is 16.7. The Balaban J connectivity index is 1.77. The summed E-state index contributed by atoms with van der Waals surface area (Å²) in [5, 5.41) is 2.06. The van der Waals surface area contributed by atoms with Crippen molar-refractivity contribution in [3.05, 3.63) is 42.5 Å². The summed E-state index contributed by atoms with van der Waals surface area (Å²) in [6.45, 7) is 0.426. The lowest BCUT2D eigenvalue weighted by Crippen LogP contribution is -2.42. The van der Waals surface area contributed by atoms with Gasteiger partial charge in [0.25, 0.3) is 5.91 Å². The second kappa shape index (κ2) is 7.79. The van der Waals surface area contributed by atoms with Crippen molar-refractivity contribution in [2.75, 3.05) is 13.2 Å². The van der Waals surface area contributed by atoms with Crippen molar-refractivity contribution in [2.45, 2.75) is 6.92 Å². The quantitative estimate of drug-likeness (QED) is 0.632. The molecule has 2 rings (SSSR count). The second-order valence-corrected chi connectivity index (χ2v) is 4.69. The number of ether oxygens (including phenoxy) is 2. The maximum absolute atomic E-state index is 11.5. The minimum absolute atomic E-state index is 0.314. The number of hydrogen-bond acceptors (Lipinski definition) is 5. The van der Waals surface area contributed by atoms with Crippen LogP contribution in [0.1, 0.15) is 6.92 Å². The van der Waals surface area contributed by atoms with Crippen LogP contribution in [-0.2, 0) is 19.1 Å². The summed E-state index contributed by atoms with van der Waals surface area (Å²) in [5.74, 6) is -1.22. The first kappa shape index (κ1) is 16.3. The maximum Gasteiger partial charge on any atom is 0.344 e. The highest BCUT2D eigenvalue weighted by Gasteiger charge is 2.08. The van der Waals surface area contributed by atoms with Crippen molar-refractivity contribution < 1.29 is 23.9 Å². The largest absolute Gasteiger partial charge is 0.482 e. The summed E-state index contributed by atoms with van der Waals surface area (Å²) in [7, 11) is 0. The minimum Gasteiger partial charge on any atom is -0.482 e. The number of amides is 2. The third kappa shape index (κ3) is 5.31. The Morgan fingerprint density at radius 2 is 1.70 bits per heavy atom. The highest BCUT2D eigenvalue weighted by molar-refractivity contribution is 5.84. The van der Waals surface area contributed by atoms with Crippen LogP contribution in [0.2, 0.25) is 0 Å². The van der Waals surface area contributed by atoms with Crippen LogP contribution >= 0.6 is 0 Å². The van der Waals surface area contributed by atoms with E-state index in [4.69, 9.17) is 9.47 Å². The van der Waals surface area contributed by atoms with Gasteiger partial charge in [-0.15, -0.1) is 0 Å². The summed E-state index contributed by atoms with van der Waals surface area (Å²) in [4.78, 5) is 33.3. The van der Waals surface area contributed by atoms with Crippen LogP contribution in [0, 0.1) is 0 Å².